The molecular formula is C24H24N4O2. The molecule has 2 N–H and O–H groups in total. The predicted octanol–water partition coefficient (Wildman–Crippen LogP) is 5.31. The van der Waals surface area contributed by atoms with Gasteiger partial charge in [-0.25, -0.2) is 4.98 Å². The summed E-state index contributed by atoms with van der Waals surface area (Å²) in [6, 6.07) is 21.9. The van der Waals surface area contributed by atoms with E-state index in [1.807, 2.05) is 73.7 Å². The Morgan fingerprint density at radius 3 is 2.43 bits per heavy atom. The lowest BCUT2D eigenvalue weighted by Gasteiger charge is -2.14. The second-order valence-electron chi connectivity index (χ2n) is 6.94. The normalized spacial score (nSPS) is 10.6. The van der Waals surface area contributed by atoms with E-state index in [1.54, 1.807) is 14.2 Å². The van der Waals surface area contributed by atoms with E-state index in [9.17, 15) is 0 Å². The zero-order valence-corrected chi connectivity index (χ0v) is 17.3. The number of anilines is 3. The van der Waals surface area contributed by atoms with E-state index in [0.717, 1.165) is 45.0 Å². The van der Waals surface area contributed by atoms with Gasteiger partial charge in [0.25, 0.3) is 0 Å². The Labute approximate surface area is 175 Å². The van der Waals surface area contributed by atoms with Crippen LogP contribution in [0.1, 0.15) is 11.1 Å². The molecule has 0 aliphatic heterocycles. The van der Waals surface area contributed by atoms with Crippen LogP contribution in [0.2, 0.25) is 0 Å². The van der Waals surface area contributed by atoms with Gasteiger partial charge in [0.1, 0.15) is 17.3 Å². The van der Waals surface area contributed by atoms with E-state index >= 15 is 0 Å². The number of methoxy groups -OCH3 is 2. The molecule has 0 saturated carbocycles. The summed E-state index contributed by atoms with van der Waals surface area (Å²) in [6.45, 7) is 2.67. The number of fused-ring (bicyclic) bond motifs is 1. The fourth-order valence-corrected chi connectivity index (χ4v) is 3.24. The van der Waals surface area contributed by atoms with E-state index in [0.29, 0.717) is 12.5 Å². The van der Waals surface area contributed by atoms with Crippen LogP contribution in [0, 0.1) is 6.92 Å². The predicted molar refractivity (Wildman–Crippen MR) is 121 cm³/mol. The highest BCUT2D eigenvalue weighted by Gasteiger charge is 2.10. The van der Waals surface area contributed by atoms with Crippen molar-refractivity contribution >= 4 is 28.4 Å². The van der Waals surface area contributed by atoms with Crippen LogP contribution >= 0.6 is 0 Å². The number of hydrogen-bond acceptors (Lipinski definition) is 6. The molecule has 0 aliphatic rings. The third-order valence-corrected chi connectivity index (χ3v) is 4.82. The molecule has 0 saturated heterocycles. The van der Waals surface area contributed by atoms with Gasteiger partial charge in [-0.05, 0) is 54.4 Å². The Balaban J connectivity index is 1.64. The number of para-hydroxylation sites is 1. The molecule has 0 amide bonds. The van der Waals surface area contributed by atoms with Crippen LogP contribution in [0.25, 0.3) is 10.9 Å². The topological polar surface area (TPSA) is 68.3 Å². The van der Waals surface area contributed by atoms with Gasteiger partial charge in [0.2, 0.25) is 5.95 Å². The number of ether oxygens (including phenoxy) is 2. The number of rotatable bonds is 7. The molecule has 152 valence electrons. The second kappa shape index (κ2) is 8.69. The number of benzene rings is 3. The lowest BCUT2D eigenvalue weighted by atomic mass is 10.2. The number of aryl methyl sites for hydroxylation is 1. The number of nitrogens with zero attached hydrogens (tertiary/aromatic N) is 2. The molecule has 0 radical (unpaired) electrons. The number of aromatic nitrogens is 2. The molecule has 0 unspecified atom stereocenters. The van der Waals surface area contributed by atoms with Gasteiger partial charge in [0.15, 0.2) is 0 Å². The zero-order chi connectivity index (χ0) is 20.9. The molecule has 6 heteroatoms. The molecule has 1 aromatic heterocycles. The third-order valence-electron chi connectivity index (χ3n) is 4.82. The lowest BCUT2D eigenvalue weighted by Crippen LogP contribution is -2.06. The van der Waals surface area contributed by atoms with Gasteiger partial charge in [-0.15, -0.1) is 0 Å². The fourth-order valence-electron chi connectivity index (χ4n) is 3.24. The first-order valence-electron chi connectivity index (χ1n) is 9.71. The summed E-state index contributed by atoms with van der Waals surface area (Å²) < 4.78 is 10.7. The molecule has 0 aliphatic carbocycles. The number of hydrogen-bond donors (Lipinski definition) is 2. The van der Waals surface area contributed by atoms with Gasteiger partial charge < -0.3 is 20.1 Å². The first-order valence-corrected chi connectivity index (χ1v) is 9.71. The van der Waals surface area contributed by atoms with E-state index < -0.39 is 0 Å². The van der Waals surface area contributed by atoms with E-state index in [4.69, 9.17) is 14.5 Å². The van der Waals surface area contributed by atoms with Crippen molar-refractivity contribution in [1.82, 2.24) is 9.97 Å². The Morgan fingerprint density at radius 2 is 1.67 bits per heavy atom. The summed E-state index contributed by atoms with van der Waals surface area (Å²) in [5.41, 5.74) is 3.94. The average molecular weight is 400 g/mol. The summed E-state index contributed by atoms with van der Waals surface area (Å²) in [6.07, 6.45) is 0. The maximum absolute atomic E-state index is 5.47. The van der Waals surface area contributed by atoms with Crippen LogP contribution < -0.4 is 20.1 Å². The van der Waals surface area contributed by atoms with Crippen molar-refractivity contribution in [2.24, 2.45) is 0 Å². The van der Waals surface area contributed by atoms with Crippen molar-refractivity contribution in [3.8, 4) is 11.5 Å². The summed E-state index contributed by atoms with van der Waals surface area (Å²) in [5.74, 6) is 2.86. The third kappa shape index (κ3) is 4.27. The molecule has 6 nitrogen and oxygen atoms in total. The summed E-state index contributed by atoms with van der Waals surface area (Å²) in [4.78, 5) is 9.42. The SMILES string of the molecule is COc1ccc(CNc2nc(Nc3cc(C)ccc3OC)nc3ccccc23)cc1. The minimum Gasteiger partial charge on any atom is -0.497 e. The van der Waals surface area contributed by atoms with Crippen molar-refractivity contribution in [2.45, 2.75) is 13.5 Å². The first-order chi connectivity index (χ1) is 14.7. The Kier molecular flexibility index (Phi) is 5.66. The molecular weight excluding hydrogens is 376 g/mol. The first kappa shape index (κ1) is 19.5. The van der Waals surface area contributed by atoms with Crippen LogP contribution in [0.15, 0.2) is 66.7 Å². The van der Waals surface area contributed by atoms with Gasteiger partial charge in [-0.3, -0.25) is 0 Å². The molecule has 0 bridgehead atoms. The average Bonchev–Trinajstić information content (AvgIpc) is 2.78. The van der Waals surface area contributed by atoms with Crippen LogP contribution in [0.4, 0.5) is 17.5 Å². The smallest absolute Gasteiger partial charge is 0.229 e. The maximum atomic E-state index is 5.47. The summed E-state index contributed by atoms with van der Waals surface area (Å²) >= 11 is 0. The zero-order valence-electron chi connectivity index (χ0n) is 17.3. The molecule has 0 atom stereocenters. The van der Waals surface area contributed by atoms with Gasteiger partial charge in [0, 0.05) is 11.9 Å². The van der Waals surface area contributed by atoms with Crippen molar-refractivity contribution < 1.29 is 9.47 Å². The van der Waals surface area contributed by atoms with Crippen molar-refractivity contribution in [1.29, 1.82) is 0 Å². The monoisotopic (exact) mass is 400 g/mol. The highest BCUT2D eigenvalue weighted by atomic mass is 16.5. The van der Waals surface area contributed by atoms with Crippen molar-refractivity contribution in [3.05, 3.63) is 77.9 Å². The van der Waals surface area contributed by atoms with Gasteiger partial charge >= 0.3 is 0 Å². The molecule has 0 fully saturated rings. The minimum absolute atomic E-state index is 0.509. The minimum atomic E-state index is 0.509. The van der Waals surface area contributed by atoms with Crippen LogP contribution in [-0.2, 0) is 6.54 Å². The highest BCUT2D eigenvalue weighted by Crippen LogP contribution is 2.29. The van der Waals surface area contributed by atoms with Crippen LogP contribution in [-0.4, -0.2) is 24.2 Å². The molecule has 30 heavy (non-hydrogen) atoms. The van der Waals surface area contributed by atoms with Crippen LogP contribution in [0.5, 0.6) is 11.5 Å². The fraction of sp³-hybridized carbons (Fsp3) is 0.167. The highest BCUT2D eigenvalue weighted by molar-refractivity contribution is 5.90. The molecule has 3 aromatic carbocycles. The summed E-state index contributed by atoms with van der Waals surface area (Å²) in [5, 5.41) is 7.72. The van der Waals surface area contributed by atoms with Gasteiger partial charge in [-0.2, -0.15) is 4.98 Å². The van der Waals surface area contributed by atoms with Gasteiger partial charge in [-0.1, -0.05) is 30.3 Å². The Morgan fingerprint density at radius 1 is 0.867 bits per heavy atom. The quantitative estimate of drug-likeness (QED) is 0.438. The molecule has 1 heterocycles. The molecule has 0 spiro atoms. The lowest BCUT2D eigenvalue weighted by molar-refractivity contribution is 0.414. The molecule has 4 aromatic rings. The van der Waals surface area contributed by atoms with Crippen molar-refractivity contribution in [3.63, 3.8) is 0 Å². The number of nitrogens with one attached hydrogen (secondary N) is 2. The summed E-state index contributed by atoms with van der Waals surface area (Å²) in [7, 11) is 3.32. The van der Waals surface area contributed by atoms with E-state index in [2.05, 4.69) is 15.6 Å². The van der Waals surface area contributed by atoms with E-state index in [-0.39, 0.29) is 0 Å². The Hall–Kier alpha value is -3.80. The van der Waals surface area contributed by atoms with Gasteiger partial charge in [0.05, 0.1) is 25.4 Å². The van der Waals surface area contributed by atoms with Crippen LogP contribution in [0.3, 0.4) is 0 Å². The second-order valence-corrected chi connectivity index (χ2v) is 6.94. The van der Waals surface area contributed by atoms with E-state index in [1.165, 1.54) is 0 Å². The maximum Gasteiger partial charge on any atom is 0.229 e. The van der Waals surface area contributed by atoms with Crippen molar-refractivity contribution in [2.75, 3.05) is 24.9 Å². The Bertz CT molecular complexity index is 1160. The standard InChI is InChI=1S/C24H24N4O2/c1-16-8-13-22(30-3)21(14-16)27-24-26-20-7-5-4-6-19(20)23(28-24)25-15-17-9-11-18(29-2)12-10-17/h4-14H,15H2,1-3H3,(H2,25,26,27,28). The largest absolute Gasteiger partial charge is 0.497 e. The molecule has 4 rings (SSSR count).